The molecule has 0 bridgehead atoms. The fourth-order valence-corrected chi connectivity index (χ4v) is 3.65. The van der Waals surface area contributed by atoms with E-state index in [2.05, 4.69) is 63.4 Å². The van der Waals surface area contributed by atoms with Gasteiger partial charge < -0.3 is 15.5 Å². The van der Waals surface area contributed by atoms with Crippen LogP contribution >= 0.6 is 0 Å². The molecule has 2 aromatic rings. The monoisotopic (exact) mass is 334 g/mol. The van der Waals surface area contributed by atoms with Gasteiger partial charge in [0.05, 0.1) is 12.6 Å². The van der Waals surface area contributed by atoms with Crippen LogP contribution in [0, 0.1) is 5.92 Å². The third kappa shape index (κ3) is 2.92. The molecule has 0 aliphatic carbocycles. The Morgan fingerprint density at radius 1 is 1.16 bits per heavy atom. The minimum absolute atomic E-state index is 0.0564. The Morgan fingerprint density at radius 3 is 2.80 bits per heavy atom. The largest absolute Gasteiger partial charge is 0.343 e. The number of fused-ring (bicyclic) bond motifs is 1. The second-order valence-electron chi connectivity index (χ2n) is 6.40. The standard InChI is InChI=1S/C20H22N4O/c1-21-11-14-6-5-7-15(10-14)17-12-24(16-8-3-2-4-9-16)19-18(17)20(25)23-13-22-19/h2-10,12,18-19,21-22H,11,13H2,1H3,(H,23,25). The summed E-state index contributed by atoms with van der Waals surface area (Å²) in [6, 6.07) is 18.6. The first kappa shape index (κ1) is 15.9. The Balaban J connectivity index is 1.76. The van der Waals surface area contributed by atoms with Gasteiger partial charge in [-0.1, -0.05) is 42.5 Å². The molecular weight excluding hydrogens is 312 g/mol. The Hall–Kier alpha value is -2.63. The van der Waals surface area contributed by atoms with Crippen LogP contribution in [-0.2, 0) is 11.3 Å². The summed E-state index contributed by atoms with van der Waals surface area (Å²) in [6.45, 7) is 1.30. The zero-order valence-electron chi connectivity index (χ0n) is 14.2. The molecule has 1 saturated heterocycles. The van der Waals surface area contributed by atoms with Crippen molar-refractivity contribution in [3.05, 3.63) is 71.9 Å². The maximum Gasteiger partial charge on any atom is 0.232 e. The zero-order chi connectivity index (χ0) is 17.2. The normalized spacial score (nSPS) is 22.4. The van der Waals surface area contributed by atoms with E-state index in [0.717, 1.165) is 23.4 Å². The molecule has 2 aliphatic rings. The predicted molar refractivity (Wildman–Crippen MR) is 99.5 cm³/mol. The molecule has 0 aromatic heterocycles. The van der Waals surface area contributed by atoms with Gasteiger partial charge in [-0.05, 0) is 35.9 Å². The van der Waals surface area contributed by atoms with Crippen molar-refractivity contribution in [2.45, 2.75) is 12.7 Å². The van der Waals surface area contributed by atoms with Crippen LogP contribution < -0.4 is 20.9 Å². The molecule has 1 amide bonds. The lowest BCUT2D eigenvalue weighted by Gasteiger charge is -2.34. The molecule has 2 heterocycles. The average Bonchev–Trinajstić information content (AvgIpc) is 3.04. The molecule has 2 aromatic carbocycles. The molecule has 0 spiro atoms. The van der Waals surface area contributed by atoms with Crippen LogP contribution in [-0.4, -0.2) is 25.8 Å². The SMILES string of the molecule is CNCc1cccc(C2=CN(c3ccccc3)C3NCNC(=O)C23)c1. The van der Waals surface area contributed by atoms with Gasteiger partial charge in [0, 0.05) is 18.4 Å². The lowest BCUT2D eigenvalue weighted by Crippen LogP contribution is -2.58. The van der Waals surface area contributed by atoms with E-state index >= 15 is 0 Å². The van der Waals surface area contributed by atoms with E-state index in [1.54, 1.807) is 0 Å². The molecule has 4 rings (SSSR count). The highest BCUT2D eigenvalue weighted by Gasteiger charge is 2.43. The molecule has 128 valence electrons. The van der Waals surface area contributed by atoms with Crippen LogP contribution in [0.2, 0.25) is 0 Å². The van der Waals surface area contributed by atoms with E-state index in [1.165, 1.54) is 5.56 Å². The van der Waals surface area contributed by atoms with Crippen molar-refractivity contribution >= 4 is 17.2 Å². The van der Waals surface area contributed by atoms with Crippen LogP contribution in [0.15, 0.2) is 60.8 Å². The molecule has 0 saturated carbocycles. The fourth-order valence-electron chi connectivity index (χ4n) is 3.65. The first-order chi connectivity index (χ1) is 12.3. The van der Waals surface area contributed by atoms with Crippen molar-refractivity contribution in [2.24, 2.45) is 5.92 Å². The molecule has 5 nitrogen and oxygen atoms in total. The Morgan fingerprint density at radius 2 is 2.00 bits per heavy atom. The lowest BCUT2D eigenvalue weighted by atomic mass is 9.90. The van der Waals surface area contributed by atoms with Crippen LogP contribution in [0.1, 0.15) is 11.1 Å². The number of hydrogen-bond donors (Lipinski definition) is 3. The number of nitrogens with zero attached hydrogens (tertiary/aromatic N) is 1. The molecule has 3 N–H and O–H groups in total. The zero-order valence-corrected chi connectivity index (χ0v) is 14.2. The van der Waals surface area contributed by atoms with Crippen LogP contribution in [0.5, 0.6) is 0 Å². The van der Waals surface area contributed by atoms with Gasteiger partial charge in [0.25, 0.3) is 0 Å². The summed E-state index contributed by atoms with van der Waals surface area (Å²) in [6.07, 6.45) is 2.06. The summed E-state index contributed by atoms with van der Waals surface area (Å²) >= 11 is 0. The van der Waals surface area contributed by atoms with E-state index in [1.807, 2.05) is 25.2 Å². The topological polar surface area (TPSA) is 56.4 Å². The van der Waals surface area contributed by atoms with Gasteiger partial charge in [0.2, 0.25) is 5.91 Å². The highest BCUT2D eigenvalue weighted by atomic mass is 16.2. The van der Waals surface area contributed by atoms with Gasteiger partial charge in [0.15, 0.2) is 0 Å². The number of nitrogens with one attached hydrogen (secondary N) is 3. The smallest absolute Gasteiger partial charge is 0.232 e. The number of para-hydroxylation sites is 1. The third-order valence-electron chi connectivity index (χ3n) is 4.78. The number of benzene rings is 2. The number of rotatable bonds is 4. The minimum atomic E-state index is -0.223. The van der Waals surface area contributed by atoms with Gasteiger partial charge in [0.1, 0.15) is 6.17 Å². The quantitative estimate of drug-likeness (QED) is 0.799. The first-order valence-electron chi connectivity index (χ1n) is 8.58. The number of carbonyl (C=O) groups excluding carboxylic acids is 1. The van der Waals surface area contributed by atoms with Crippen LogP contribution in [0.4, 0.5) is 5.69 Å². The molecule has 2 aliphatic heterocycles. The lowest BCUT2D eigenvalue weighted by molar-refractivity contribution is -0.125. The summed E-state index contributed by atoms with van der Waals surface area (Å²) < 4.78 is 0. The van der Waals surface area contributed by atoms with E-state index < -0.39 is 0 Å². The van der Waals surface area contributed by atoms with Crippen molar-refractivity contribution in [2.75, 3.05) is 18.6 Å². The van der Waals surface area contributed by atoms with Gasteiger partial charge >= 0.3 is 0 Å². The van der Waals surface area contributed by atoms with Crippen molar-refractivity contribution in [3.63, 3.8) is 0 Å². The number of anilines is 1. The first-order valence-corrected chi connectivity index (χ1v) is 8.58. The Kier molecular flexibility index (Phi) is 4.26. The molecule has 1 fully saturated rings. The molecule has 5 heteroatoms. The molecular formula is C20H22N4O. The summed E-state index contributed by atoms with van der Waals surface area (Å²) in [4.78, 5) is 14.8. The number of amides is 1. The minimum Gasteiger partial charge on any atom is -0.343 e. The predicted octanol–water partition coefficient (Wildman–Crippen LogP) is 1.89. The van der Waals surface area contributed by atoms with Gasteiger partial charge in [-0.15, -0.1) is 0 Å². The molecule has 25 heavy (non-hydrogen) atoms. The van der Waals surface area contributed by atoms with Crippen LogP contribution in [0.25, 0.3) is 5.57 Å². The van der Waals surface area contributed by atoms with Crippen molar-refractivity contribution < 1.29 is 4.79 Å². The Labute approximate surface area is 147 Å². The average molecular weight is 334 g/mol. The van der Waals surface area contributed by atoms with Gasteiger partial charge in [-0.3, -0.25) is 10.1 Å². The summed E-state index contributed by atoms with van der Waals surface area (Å²) in [7, 11) is 1.94. The highest BCUT2D eigenvalue weighted by Crippen LogP contribution is 2.38. The van der Waals surface area contributed by atoms with Crippen molar-refractivity contribution in [1.82, 2.24) is 16.0 Å². The summed E-state index contributed by atoms with van der Waals surface area (Å²) in [5.74, 6) is -0.147. The fraction of sp³-hybridized carbons (Fsp3) is 0.250. The van der Waals surface area contributed by atoms with E-state index in [0.29, 0.717) is 6.67 Å². The molecule has 2 atom stereocenters. The molecule has 2 unspecified atom stereocenters. The second kappa shape index (κ2) is 6.70. The van der Waals surface area contributed by atoms with Gasteiger partial charge in [-0.2, -0.15) is 0 Å². The maximum atomic E-state index is 12.6. The Bertz CT molecular complexity index is 802. The van der Waals surface area contributed by atoms with E-state index in [4.69, 9.17) is 0 Å². The van der Waals surface area contributed by atoms with Crippen molar-refractivity contribution in [3.8, 4) is 0 Å². The molecule has 0 radical (unpaired) electrons. The van der Waals surface area contributed by atoms with E-state index in [9.17, 15) is 4.79 Å². The highest BCUT2D eigenvalue weighted by molar-refractivity contribution is 5.96. The van der Waals surface area contributed by atoms with Crippen molar-refractivity contribution in [1.29, 1.82) is 0 Å². The number of carbonyl (C=O) groups is 1. The summed E-state index contributed by atoms with van der Waals surface area (Å²) in [5.41, 5.74) is 4.44. The van der Waals surface area contributed by atoms with E-state index in [-0.39, 0.29) is 18.0 Å². The van der Waals surface area contributed by atoms with Gasteiger partial charge in [-0.25, -0.2) is 0 Å². The summed E-state index contributed by atoms with van der Waals surface area (Å²) in [5, 5.41) is 9.54. The second-order valence-corrected chi connectivity index (χ2v) is 6.40. The maximum absolute atomic E-state index is 12.6. The van der Waals surface area contributed by atoms with Crippen LogP contribution in [0.3, 0.4) is 0 Å². The number of hydrogen-bond acceptors (Lipinski definition) is 4. The third-order valence-corrected chi connectivity index (χ3v) is 4.78.